The summed E-state index contributed by atoms with van der Waals surface area (Å²) >= 11 is 0. The van der Waals surface area contributed by atoms with Crippen molar-refractivity contribution < 1.29 is 9.84 Å². The van der Waals surface area contributed by atoms with Crippen LogP contribution in [0.3, 0.4) is 0 Å². The molecule has 1 aliphatic heterocycles. The fraction of sp³-hybridized carbons (Fsp3) is 0.800. The predicted octanol–water partition coefficient (Wildman–Crippen LogP) is 2.23. The molecule has 0 aromatic heterocycles. The van der Waals surface area contributed by atoms with Crippen LogP contribution >= 0.6 is 0 Å². The topological polar surface area (TPSA) is 29.5 Å². The van der Waals surface area contributed by atoms with E-state index in [1.165, 1.54) is 0 Å². The summed E-state index contributed by atoms with van der Waals surface area (Å²) in [5.41, 5.74) is 0. The van der Waals surface area contributed by atoms with E-state index in [9.17, 15) is 5.11 Å². The van der Waals surface area contributed by atoms with Gasteiger partial charge in [0.25, 0.3) is 0 Å². The zero-order valence-corrected chi connectivity index (χ0v) is 7.70. The van der Waals surface area contributed by atoms with Crippen LogP contribution in [0, 0.1) is 0 Å². The highest BCUT2D eigenvalue weighted by molar-refractivity contribution is 4.84. The van der Waals surface area contributed by atoms with Crippen LogP contribution in [0.1, 0.15) is 39.0 Å². The molecule has 1 fully saturated rings. The van der Waals surface area contributed by atoms with E-state index in [1.807, 2.05) is 0 Å². The lowest BCUT2D eigenvalue weighted by atomic mass is 10.1. The van der Waals surface area contributed by atoms with E-state index < -0.39 is 6.29 Å². The maximum Gasteiger partial charge on any atom is 0.154 e. The van der Waals surface area contributed by atoms with Gasteiger partial charge in [-0.15, -0.1) is 0 Å². The van der Waals surface area contributed by atoms with E-state index in [4.69, 9.17) is 4.74 Å². The lowest BCUT2D eigenvalue weighted by molar-refractivity contribution is -0.161. The first-order chi connectivity index (χ1) is 5.83. The number of hydrogen-bond acceptors (Lipinski definition) is 2. The van der Waals surface area contributed by atoms with Crippen molar-refractivity contribution in [3.05, 3.63) is 12.2 Å². The molecule has 2 nitrogen and oxygen atoms in total. The van der Waals surface area contributed by atoms with E-state index in [2.05, 4.69) is 19.1 Å². The highest BCUT2D eigenvalue weighted by Gasteiger charge is 2.18. The monoisotopic (exact) mass is 170 g/mol. The lowest BCUT2D eigenvalue weighted by Gasteiger charge is -2.25. The first-order valence-corrected chi connectivity index (χ1v) is 4.81. The Hall–Kier alpha value is -0.340. The minimum Gasteiger partial charge on any atom is -0.368 e. The first-order valence-electron chi connectivity index (χ1n) is 4.81. The molecule has 0 bridgehead atoms. The Morgan fingerprint density at radius 3 is 2.92 bits per heavy atom. The molecular formula is C10H18O2. The molecule has 0 radical (unpaired) electrons. The van der Waals surface area contributed by atoms with Gasteiger partial charge in [-0.05, 0) is 32.1 Å². The molecule has 1 heterocycles. The van der Waals surface area contributed by atoms with Crippen LogP contribution < -0.4 is 0 Å². The molecule has 12 heavy (non-hydrogen) atoms. The maximum absolute atomic E-state index is 9.19. The molecule has 2 atom stereocenters. The molecule has 2 heteroatoms. The zero-order chi connectivity index (χ0) is 8.81. The van der Waals surface area contributed by atoms with E-state index in [0.717, 1.165) is 32.1 Å². The summed E-state index contributed by atoms with van der Waals surface area (Å²) in [5, 5.41) is 9.19. The third-order valence-electron chi connectivity index (χ3n) is 2.13. The van der Waals surface area contributed by atoms with Gasteiger partial charge < -0.3 is 9.84 Å². The number of hydrogen-bond donors (Lipinski definition) is 1. The van der Waals surface area contributed by atoms with Gasteiger partial charge in [-0.2, -0.15) is 0 Å². The van der Waals surface area contributed by atoms with Crippen LogP contribution in [0.5, 0.6) is 0 Å². The van der Waals surface area contributed by atoms with Crippen molar-refractivity contribution in [2.45, 2.75) is 51.4 Å². The van der Waals surface area contributed by atoms with Crippen LogP contribution in [0.4, 0.5) is 0 Å². The SMILES string of the molecule is CC/C=C\CC1CCCC(O)O1. The fourth-order valence-electron chi connectivity index (χ4n) is 1.47. The van der Waals surface area contributed by atoms with Crippen molar-refractivity contribution in [3.63, 3.8) is 0 Å². The molecule has 0 aromatic rings. The lowest BCUT2D eigenvalue weighted by Crippen LogP contribution is -2.26. The van der Waals surface area contributed by atoms with Crippen molar-refractivity contribution in [1.29, 1.82) is 0 Å². The van der Waals surface area contributed by atoms with E-state index in [0.29, 0.717) is 0 Å². The van der Waals surface area contributed by atoms with E-state index in [-0.39, 0.29) is 6.10 Å². The Morgan fingerprint density at radius 2 is 2.25 bits per heavy atom. The summed E-state index contributed by atoms with van der Waals surface area (Å²) in [6, 6.07) is 0. The molecule has 2 unspecified atom stereocenters. The fourth-order valence-corrected chi connectivity index (χ4v) is 1.47. The average molecular weight is 170 g/mol. The van der Waals surface area contributed by atoms with Crippen LogP contribution in [0.15, 0.2) is 12.2 Å². The quantitative estimate of drug-likeness (QED) is 0.658. The Balaban J connectivity index is 2.18. The standard InChI is InChI=1S/C10H18O2/c1-2-3-4-6-9-7-5-8-10(11)12-9/h3-4,9-11H,2,5-8H2,1H3/b4-3-. The predicted molar refractivity (Wildman–Crippen MR) is 48.8 cm³/mol. The molecule has 0 aliphatic carbocycles. The van der Waals surface area contributed by atoms with E-state index in [1.54, 1.807) is 0 Å². The third-order valence-corrected chi connectivity index (χ3v) is 2.13. The van der Waals surface area contributed by atoms with Crippen LogP contribution in [0.2, 0.25) is 0 Å². The van der Waals surface area contributed by atoms with Gasteiger partial charge >= 0.3 is 0 Å². The van der Waals surface area contributed by atoms with Crippen molar-refractivity contribution in [2.75, 3.05) is 0 Å². The minimum absolute atomic E-state index is 0.247. The summed E-state index contributed by atoms with van der Waals surface area (Å²) in [4.78, 5) is 0. The minimum atomic E-state index is -0.515. The third kappa shape index (κ3) is 3.37. The van der Waals surface area contributed by atoms with Gasteiger partial charge in [0.1, 0.15) is 0 Å². The second kappa shape index (κ2) is 5.33. The maximum atomic E-state index is 9.19. The van der Waals surface area contributed by atoms with Crippen molar-refractivity contribution in [2.24, 2.45) is 0 Å². The molecule has 1 N–H and O–H groups in total. The molecule has 0 amide bonds. The summed E-state index contributed by atoms with van der Waals surface area (Å²) in [6.07, 6.45) is 9.02. The van der Waals surface area contributed by atoms with Gasteiger partial charge in [0, 0.05) is 0 Å². The highest BCUT2D eigenvalue weighted by atomic mass is 16.6. The molecule has 1 saturated heterocycles. The van der Waals surface area contributed by atoms with Gasteiger partial charge in [0.15, 0.2) is 6.29 Å². The largest absolute Gasteiger partial charge is 0.368 e. The molecule has 0 saturated carbocycles. The zero-order valence-electron chi connectivity index (χ0n) is 7.70. The molecule has 70 valence electrons. The smallest absolute Gasteiger partial charge is 0.154 e. The van der Waals surface area contributed by atoms with Gasteiger partial charge in [-0.25, -0.2) is 0 Å². The van der Waals surface area contributed by atoms with Crippen LogP contribution in [-0.2, 0) is 4.74 Å². The molecular weight excluding hydrogens is 152 g/mol. The summed E-state index contributed by atoms with van der Waals surface area (Å²) in [5.74, 6) is 0. The average Bonchev–Trinajstić information content (AvgIpc) is 2.05. The van der Waals surface area contributed by atoms with Crippen LogP contribution in [-0.4, -0.2) is 17.5 Å². The van der Waals surface area contributed by atoms with Gasteiger partial charge in [-0.3, -0.25) is 0 Å². The number of allylic oxidation sites excluding steroid dienone is 1. The number of ether oxygens (including phenoxy) is 1. The van der Waals surface area contributed by atoms with Crippen molar-refractivity contribution in [1.82, 2.24) is 0 Å². The Labute approximate surface area is 74.2 Å². The first kappa shape index (κ1) is 9.75. The van der Waals surface area contributed by atoms with Gasteiger partial charge in [-0.1, -0.05) is 19.1 Å². The summed E-state index contributed by atoms with van der Waals surface area (Å²) < 4.78 is 5.34. The normalized spacial score (nSPS) is 31.2. The second-order valence-electron chi connectivity index (χ2n) is 3.26. The van der Waals surface area contributed by atoms with Gasteiger partial charge in [0.2, 0.25) is 0 Å². The summed E-state index contributed by atoms with van der Waals surface area (Å²) in [6.45, 7) is 2.12. The summed E-state index contributed by atoms with van der Waals surface area (Å²) in [7, 11) is 0. The molecule has 0 spiro atoms. The van der Waals surface area contributed by atoms with Gasteiger partial charge in [0.05, 0.1) is 6.10 Å². The number of rotatable bonds is 3. The number of aliphatic hydroxyl groups is 1. The highest BCUT2D eigenvalue weighted by Crippen LogP contribution is 2.19. The Morgan fingerprint density at radius 1 is 1.42 bits per heavy atom. The second-order valence-corrected chi connectivity index (χ2v) is 3.26. The Bertz CT molecular complexity index is 143. The van der Waals surface area contributed by atoms with Crippen LogP contribution in [0.25, 0.3) is 0 Å². The Kier molecular flexibility index (Phi) is 4.33. The van der Waals surface area contributed by atoms with E-state index >= 15 is 0 Å². The molecule has 1 rings (SSSR count). The van der Waals surface area contributed by atoms with Crippen molar-refractivity contribution >= 4 is 0 Å². The molecule has 1 aliphatic rings. The number of aliphatic hydroxyl groups excluding tert-OH is 1. The van der Waals surface area contributed by atoms with Crippen molar-refractivity contribution in [3.8, 4) is 0 Å². The molecule has 0 aromatic carbocycles.